The Bertz CT molecular complexity index is 668. The molecule has 1 atom stereocenters. The highest BCUT2D eigenvalue weighted by Crippen LogP contribution is 2.17. The number of H-pyrrole nitrogens is 1. The van der Waals surface area contributed by atoms with Crippen LogP contribution in [0.3, 0.4) is 0 Å². The van der Waals surface area contributed by atoms with Gasteiger partial charge in [0, 0.05) is 36.7 Å². The first-order valence-electron chi connectivity index (χ1n) is 7.83. The van der Waals surface area contributed by atoms with E-state index in [-0.39, 0.29) is 6.04 Å². The van der Waals surface area contributed by atoms with Crippen molar-refractivity contribution in [2.45, 2.75) is 32.2 Å². The Morgan fingerprint density at radius 1 is 1.30 bits per heavy atom. The van der Waals surface area contributed by atoms with Crippen LogP contribution < -0.4 is 10.6 Å². The van der Waals surface area contributed by atoms with E-state index in [1.165, 1.54) is 11.3 Å². The number of benzene rings is 1. The number of anilines is 2. The molecule has 3 rings (SSSR count). The highest BCUT2D eigenvalue weighted by atomic mass is 35.5. The molecule has 0 radical (unpaired) electrons. The molecule has 0 spiro atoms. The normalized spacial score (nSPS) is 16.4. The average Bonchev–Trinajstić information content (AvgIpc) is 2.97. The van der Waals surface area contributed by atoms with Gasteiger partial charge in [-0.05, 0) is 31.0 Å². The van der Waals surface area contributed by atoms with Gasteiger partial charge in [0.25, 0.3) is 0 Å². The van der Waals surface area contributed by atoms with Crippen LogP contribution in [0.1, 0.15) is 25.3 Å². The quantitative estimate of drug-likeness (QED) is 0.901. The third kappa shape index (κ3) is 4.22. The predicted octanol–water partition coefficient (Wildman–Crippen LogP) is 2.71. The van der Waals surface area contributed by atoms with E-state index in [0.29, 0.717) is 11.9 Å². The number of nitrogens with zero attached hydrogens (tertiary/aromatic N) is 4. The number of aliphatic imine (C=N–C) groups is 1. The molecule has 1 aliphatic rings. The van der Waals surface area contributed by atoms with Crippen molar-refractivity contribution >= 4 is 29.2 Å². The monoisotopic (exact) mass is 332 g/mol. The molecule has 1 aromatic carbocycles. The lowest BCUT2D eigenvalue weighted by atomic mass is 10.1. The third-order valence-electron chi connectivity index (χ3n) is 3.96. The molecule has 122 valence electrons. The Labute approximate surface area is 140 Å². The van der Waals surface area contributed by atoms with E-state index in [2.05, 4.69) is 39.1 Å². The molecule has 2 heterocycles. The summed E-state index contributed by atoms with van der Waals surface area (Å²) in [4.78, 5) is 11.2. The van der Waals surface area contributed by atoms with Gasteiger partial charge in [-0.2, -0.15) is 4.98 Å². The fourth-order valence-electron chi connectivity index (χ4n) is 2.82. The van der Waals surface area contributed by atoms with Crippen LogP contribution in [0.4, 0.5) is 11.9 Å². The Hall–Kier alpha value is -2.08. The van der Waals surface area contributed by atoms with Crippen LogP contribution in [0.2, 0.25) is 5.02 Å². The van der Waals surface area contributed by atoms with Gasteiger partial charge < -0.3 is 10.6 Å². The minimum absolute atomic E-state index is 0.275. The predicted molar refractivity (Wildman–Crippen MR) is 94.3 cm³/mol. The molecule has 2 aromatic rings. The van der Waals surface area contributed by atoms with E-state index < -0.39 is 0 Å². The fraction of sp³-hybridized carbons (Fsp3) is 0.438. The molecule has 7 heteroatoms. The minimum atomic E-state index is 0.275. The van der Waals surface area contributed by atoms with Gasteiger partial charge in [-0.15, -0.1) is 5.10 Å². The van der Waals surface area contributed by atoms with Gasteiger partial charge in [0.1, 0.15) is 0 Å². The van der Waals surface area contributed by atoms with Crippen LogP contribution in [0.5, 0.6) is 0 Å². The molecule has 1 unspecified atom stereocenters. The number of nitrogen functional groups attached to an aromatic ring is 1. The highest BCUT2D eigenvalue weighted by molar-refractivity contribution is 6.30. The summed E-state index contributed by atoms with van der Waals surface area (Å²) in [5, 5.41) is 7.55. The Balaban J connectivity index is 1.54. The van der Waals surface area contributed by atoms with Crippen LogP contribution >= 0.6 is 11.6 Å². The Morgan fingerprint density at radius 2 is 2.00 bits per heavy atom. The molecule has 1 aromatic heterocycles. The molecule has 6 nitrogen and oxygen atoms in total. The topological polar surface area (TPSA) is 83.2 Å². The second kappa shape index (κ2) is 7.00. The van der Waals surface area contributed by atoms with Gasteiger partial charge in [0.15, 0.2) is 0 Å². The summed E-state index contributed by atoms with van der Waals surface area (Å²) in [7, 11) is 0. The van der Waals surface area contributed by atoms with Crippen LogP contribution in [-0.2, 0) is 6.42 Å². The summed E-state index contributed by atoms with van der Waals surface area (Å²) in [6, 6.07) is 8.26. The first kappa shape index (κ1) is 15.8. The lowest BCUT2D eigenvalue weighted by Gasteiger charge is -2.27. The van der Waals surface area contributed by atoms with Gasteiger partial charge in [-0.3, -0.25) is 4.99 Å². The molecule has 1 fully saturated rings. The first-order chi connectivity index (χ1) is 11.1. The van der Waals surface area contributed by atoms with Crippen LogP contribution in [0, 0.1) is 0 Å². The molecule has 0 saturated carbocycles. The minimum Gasteiger partial charge on any atom is -0.368 e. The van der Waals surface area contributed by atoms with Crippen molar-refractivity contribution in [2.24, 2.45) is 4.99 Å². The molecule has 23 heavy (non-hydrogen) atoms. The molecule has 3 N–H and O–H groups in total. The van der Waals surface area contributed by atoms with Gasteiger partial charge in [0.05, 0.1) is 6.04 Å². The average molecular weight is 333 g/mol. The van der Waals surface area contributed by atoms with Crippen LogP contribution in [0.25, 0.3) is 0 Å². The lowest BCUT2D eigenvalue weighted by Crippen LogP contribution is -2.35. The number of halogens is 1. The zero-order valence-electron chi connectivity index (χ0n) is 13.2. The lowest BCUT2D eigenvalue weighted by molar-refractivity contribution is 0.696. The summed E-state index contributed by atoms with van der Waals surface area (Å²) < 4.78 is 0. The largest absolute Gasteiger partial charge is 0.368 e. The van der Waals surface area contributed by atoms with Gasteiger partial charge >= 0.3 is 0 Å². The molecule has 1 aliphatic heterocycles. The summed E-state index contributed by atoms with van der Waals surface area (Å²) in [6.45, 7) is 3.91. The van der Waals surface area contributed by atoms with E-state index in [0.717, 1.165) is 37.4 Å². The summed E-state index contributed by atoms with van der Waals surface area (Å²) in [5.41, 5.74) is 8.11. The molecular weight excluding hydrogens is 312 g/mol. The van der Waals surface area contributed by atoms with Crippen molar-refractivity contribution < 1.29 is 0 Å². The highest BCUT2D eigenvalue weighted by Gasteiger charge is 2.19. The maximum Gasteiger partial charge on any atom is 0.246 e. The molecular formula is C16H21ClN6. The smallest absolute Gasteiger partial charge is 0.246 e. The van der Waals surface area contributed by atoms with Crippen LogP contribution in [-0.4, -0.2) is 40.0 Å². The number of aromatic nitrogens is 3. The number of nitrogens with one attached hydrogen (secondary N) is 1. The summed E-state index contributed by atoms with van der Waals surface area (Å²) >= 11 is 5.92. The van der Waals surface area contributed by atoms with E-state index in [4.69, 9.17) is 22.3 Å². The Kier molecular flexibility index (Phi) is 4.81. The number of piperidine rings is 1. The summed E-state index contributed by atoms with van der Waals surface area (Å²) in [6.07, 6.45) is 2.82. The molecule has 0 aliphatic carbocycles. The van der Waals surface area contributed by atoms with Crippen molar-refractivity contribution in [3.05, 3.63) is 34.9 Å². The standard InChI is InChI=1S/C16H21ClN6/c1-11(10-12-2-4-13(17)5-3-12)19-14-6-8-23(9-7-14)16-20-15(18)21-22-16/h2-5,11H,6-10H2,1H3,(H3,18,20,21,22). The van der Waals surface area contributed by atoms with E-state index >= 15 is 0 Å². The van der Waals surface area contributed by atoms with E-state index in [9.17, 15) is 0 Å². The van der Waals surface area contributed by atoms with Crippen molar-refractivity contribution in [3.63, 3.8) is 0 Å². The van der Waals surface area contributed by atoms with Crippen molar-refractivity contribution in [3.8, 4) is 0 Å². The molecule has 1 saturated heterocycles. The maximum atomic E-state index is 5.92. The van der Waals surface area contributed by atoms with E-state index in [1.54, 1.807) is 0 Å². The zero-order valence-corrected chi connectivity index (χ0v) is 13.9. The van der Waals surface area contributed by atoms with E-state index in [1.807, 2.05) is 12.1 Å². The zero-order chi connectivity index (χ0) is 16.2. The van der Waals surface area contributed by atoms with Crippen molar-refractivity contribution in [2.75, 3.05) is 23.7 Å². The SMILES string of the molecule is CC(Cc1ccc(Cl)cc1)N=C1CCN(c2n[nH]c(N)n2)CC1. The van der Waals surface area contributed by atoms with Gasteiger partial charge in [0.2, 0.25) is 11.9 Å². The summed E-state index contributed by atoms with van der Waals surface area (Å²) in [5.74, 6) is 1.03. The number of nitrogens with two attached hydrogens (primary N) is 1. The maximum absolute atomic E-state index is 5.92. The third-order valence-corrected chi connectivity index (χ3v) is 4.21. The number of hydrogen-bond donors (Lipinski definition) is 2. The number of aromatic amines is 1. The van der Waals surface area contributed by atoms with Crippen molar-refractivity contribution in [1.82, 2.24) is 15.2 Å². The van der Waals surface area contributed by atoms with Crippen molar-refractivity contribution in [1.29, 1.82) is 0 Å². The van der Waals surface area contributed by atoms with Gasteiger partial charge in [-0.25, -0.2) is 5.10 Å². The van der Waals surface area contributed by atoms with Crippen LogP contribution in [0.15, 0.2) is 29.3 Å². The second-order valence-corrected chi connectivity index (χ2v) is 6.32. The molecule has 0 bridgehead atoms. The van der Waals surface area contributed by atoms with Gasteiger partial charge in [-0.1, -0.05) is 23.7 Å². The fourth-order valence-corrected chi connectivity index (χ4v) is 2.95. The molecule has 0 amide bonds. The number of rotatable bonds is 4. The second-order valence-electron chi connectivity index (χ2n) is 5.88. The Morgan fingerprint density at radius 3 is 2.61 bits per heavy atom. The first-order valence-corrected chi connectivity index (χ1v) is 8.21. The number of hydrogen-bond acceptors (Lipinski definition) is 5.